The number of rotatable bonds is 11. The number of carbonyl (C=O) groups is 4. The van der Waals surface area contributed by atoms with Crippen molar-refractivity contribution in [1.29, 1.82) is 0 Å². The van der Waals surface area contributed by atoms with Crippen molar-refractivity contribution in [3.8, 4) is 0 Å². The van der Waals surface area contributed by atoms with E-state index in [1.165, 1.54) is 36.0 Å². The van der Waals surface area contributed by atoms with E-state index in [1.54, 1.807) is 0 Å². The number of anilines is 1. The van der Waals surface area contributed by atoms with Crippen molar-refractivity contribution in [3.05, 3.63) is 70.3 Å². The number of hydrogen-bond acceptors (Lipinski definition) is 8. The predicted octanol–water partition coefficient (Wildman–Crippen LogP) is 1.49. The summed E-state index contributed by atoms with van der Waals surface area (Å²) in [5.74, 6) is -1.74. The molecule has 6 N–H and O–H groups in total. The van der Waals surface area contributed by atoms with Gasteiger partial charge < -0.3 is 26.8 Å². The molecule has 1 saturated heterocycles. The molecule has 2 aromatic carbocycles. The fourth-order valence-corrected chi connectivity index (χ4v) is 3.97. The summed E-state index contributed by atoms with van der Waals surface area (Å²) in [6.07, 6.45) is 3.00. The number of carboxylic acid groups (broad SMARTS) is 1. The van der Waals surface area contributed by atoms with E-state index < -0.39 is 40.8 Å². The van der Waals surface area contributed by atoms with Gasteiger partial charge in [-0.25, -0.2) is 4.79 Å². The fourth-order valence-electron chi connectivity index (χ4n) is 3.50. The first kappa shape index (κ1) is 30.1. The smallest absolute Gasteiger partial charge is 0.326 e. The molecule has 0 aliphatic carbocycles. The van der Waals surface area contributed by atoms with Gasteiger partial charge in [0.05, 0.1) is 4.92 Å². The van der Waals surface area contributed by atoms with Crippen molar-refractivity contribution >= 4 is 46.8 Å². The lowest BCUT2D eigenvalue weighted by molar-refractivity contribution is -0.384. The highest BCUT2D eigenvalue weighted by Gasteiger charge is 2.32. The molecular weight excluding hydrogens is 514 g/mol. The molecule has 1 aliphatic rings. The van der Waals surface area contributed by atoms with Crippen LogP contribution in [0.2, 0.25) is 0 Å². The van der Waals surface area contributed by atoms with Gasteiger partial charge in [-0.2, -0.15) is 11.8 Å². The molecule has 0 bridgehead atoms. The first-order valence-corrected chi connectivity index (χ1v) is 13.2. The number of benzene rings is 2. The number of aliphatic carboxylic acids is 1. The molecule has 3 amide bonds. The zero-order valence-corrected chi connectivity index (χ0v) is 21.6. The number of nitrogen functional groups attached to an aromatic ring is 1. The highest BCUT2D eigenvalue weighted by molar-refractivity contribution is 7.98. The Morgan fingerprint density at radius 2 is 1.79 bits per heavy atom. The summed E-state index contributed by atoms with van der Waals surface area (Å²) in [7, 11) is 0. The lowest BCUT2D eigenvalue weighted by Gasteiger charge is -2.23. The van der Waals surface area contributed by atoms with Crippen LogP contribution in [0.25, 0.3) is 0 Å². The van der Waals surface area contributed by atoms with Gasteiger partial charge in [-0.1, -0.05) is 30.3 Å². The zero-order valence-electron chi connectivity index (χ0n) is 20.8. The predicted molar refractivity (Wildman–Crippen MR) is 143 cm³/mol. The van der Waals surface area contributed by atoms with Gasteiger partial charge >= 0.3 is 5.97 Å². The van der Waals surface area contributed by atoms with Gasteiger partial charge in [0.25, 0.3) is 5.69 Å². The molecule has 12 nitrogen and oxygen atoms in total. The van der Waals surface area contributed by atoms with Crippen molar-refractivity contribution in [3.63, 3.8) is 0 Å². The van der Waals surface area contributed by atoms with Crippen molar-refractivity contribution in [2.45, 2.75) is 43.8 Å². The van der Waals surface area contributed by atoms with E-state index in [-0.39, 0.29) is 30.9 Å². The summed E-state index contributed by atoms with van der Waals surface area (Å²) in [5, 5.41) is 27.2. The Morgan fingerprint density at radius 3 is 2.32 bits per heavy atom. The number of nitrogens with two attached hydrogens (primary N) is 1. The summed E-state index contributed by atoms with van der Waals surface area (Å²) < 4.78 is 0. The minimum Gasteiger partial charge on any atom is -0.480 e. The molecule has 0 saturated carbocycles. The average Bonchev–Trinajstić information content (AvgIpc) is 3.33. The molecule has 3 atom stereocenters. The summed E-state index contributed by atoms with van der Waals surface area (Å²) in [6.45, 7) is 0. The molecule has 0 radical (unpaired) electrons. The SMILES string of the molecule is CSCCC(NC(=O)C(Cc1ccccc1)NC(=O)[C@@H]1CCC(=O)N1)C(=O)O.Nc1ccc([N+](=O)[O-])cc1. The highest BCUT2D eigenvalue weighted by atomic mass is 32.2. The van der Waals surface area contributed by atoms with Gasteiger partial charge in [-0.05, 0) is 42.5 Å². The Balaban J connectivity index is 0.000000423. The van der Waals surface area contributed by atoms with Crippen molar-refractivity contribution < 1.29 is 29.2 Å². The molecule has 2 aromatic rings. The van der Waals surface area contributed by atoms with Crippen LogP contribution in [0.3, 0.4) is 0 Å². The van der Waals surface area contributed by atoms with Crippen molar-refractivity contribution in [1.82, 2.24) is 16.0 Å². The number of nitro benzene ring substituents is 1. The Bertz CT molecular complexity index is 1110. The first-order chi connectivity index (χ1) is 18.1. The maximum atomic E-state index is 12.8. The second-order valence-corrected chi connectivity index (χ2v) is 9.42. The van der Waals surface area contributed by atoms with Crippen molar-refractivity contribution in [2.24, 2.45) is 0 Å². The maximum Gasteiger partial charge on any atom is 0.326 e. The van der Waals surface area contributed by atoms with Crippen LogP contribution >= 0.6 is 11.8 Å². The topological polar surface area (TPSA) is 194 Å². The molecule has 3 rings (SSSR count). The van der Waals surface area contributed by atoms with Gasteiger partial charge in [0.2, 0.25) is 17.7 Å². The Morgan fingerprint density at radius 1 is 1.13 bits per heavy atom. The number of nitro groups is 1. The van der Waals surface area contributed by atoms with Gasteiger partial charge in [0, 0.05) is 30.7 Å². The Hall–Kier alpha value is -4.13. The van der Waals surface area contributed by atoms with E-state index >= 15 is 0 Å². The van der Waals surface area contributed by atoms with Crippen LogP contribution in [0, 0.1) is 10.1 Å². The molecule has 13 heteroatoms. The summed E-state index contributed by atoms with van der Waals surface area (Å²) >= 11 is 1.49. The quantitative estimate of drug-likeness (QED) is 0.158. The molecule has 2 unspecified atom stereocenters. The second kappa shape index (κ2) is 15.2. The van der Waals surface area contributed by atoms with Crippen LogP contribution in [0.4, 0.5) is 11.4 Å². The van der Waals surface area contributed by atoms with Crippen LogP contribution in [-0.4, -0.2) is 63.9 Å². The Kier molecular flexibility index (Phi) is 12.0. The molecule has 204 valence electrons. The van der Waals surface area contributed by atoms with Crippen LogP contribution in [0.1, 0.15) is 24.8 Å². The zero-order chi connectivity index (χ0) is 28.1. The van der Waals surface area contributed by atoms with E-state index in [9.17, 15) is 34.4 Å². The van der Waals surface area contributed by atoms with Gasteiger partial charge in [-0.15, -0.1) is 0 Å². The number of non-ortho nitro benzene ring substituents is 1. The third-order valence-corrected chi connectivity index (χ3v) is 6.20. The standard InChI is InChI=1S/C19H25N3O5S.C6H6N2O2/c1-28-10-9-14(19(26)27)21-18(25)15(11-12-5-3-2-4-6-12)22-17(24)13-7-8-16(23)20-13;7-5-1-3-6(4-2-5)8(9)10/h2-6,13-15H,7-11H2,1H3,(H,20,23)(H,21,25)(H,22,24)(H,26,27);1-4H,7H2/t13-,14?,15?;/m0./s1. The minimum atomic E-state index is -1.12. The normalized spacial score (nSPS) is 15.7. The monoisotopic (exact) mass is 545 g/mol. The van der Waals surface area contributed by atoms with Crippen LogP contribution in [-0.2, 0) is 25.6 Å². The maximum absolute atomic E-state index is 12.8. The highest BCUT2D eigenvalue weighted by Crippen LogP contribution is 2.12. The number of carbonyl (C=O) groups excluding carboxylic acids is 3. The van der Waals surface area contributed by atoms with Crippen LogP contribution in [0.15, 0.2) is 54.6 Å². The molecule has 0 spiro atoms. The molecule has 1 fully saturated rings. The van der Waals surface area contributed by atoms with Gasteiger partial charge in [-0.3, -0.25) is 24.5 Å². The first-order valence-electron chi connectivity index (χ1n) is 11.8. The number of carboxylic acids is 1. The average molecular weight is 546 g/mol. The molecule has 38 heavy (non-hydrogen) atoms. The number of nitrogens with zero attached hydrogens (tertiary/aromatic N) is 1. The number of amides is 3. The van der Waals surface area contributed by atoms with E-state index in [0.29, 0.717) is 17.9 Å². The van der Waals surface area contributed by atoms with E-state index in [2.05, 4.69) is 16.0 Å². The van der Waals surface area contributed by atoms with Crippen molar-refractivity contribution in [2.75, 3.05) is 17.7 Å². The third-order valence-electron chi connectivity index (χ3n) is 5.56. The molecule has 1 aliphatic heterocycles. The van der Waals surface area contributed by atoms with Crippen LogP contribution < -0.4 is 21.7 Å². The minimum absolute atomic E-state index is 0.0641. The molecule has 1 heterocycles. The molecule has 0 aromatic heterocycles. The molecular formula is C25H31N5O7S. The lowest BCUT2D eigenvalue weighted by atomic mass is 10.0. The number of hydrogen-bond donors (Lipinski definition) is 5. The van der Waals surface area contributed by atoms with Gasteiger partial charge in [0.15, 0.2) is 0 Å². The summed E-state index contributed by atoms with van der Waals surface area (Å²) in [4.78, 5) is 57.6. The largest absolute Gasteiger partial charge is 0.480 e. The number of nitrogens with one attached hydrogen (secondary N) is 3. The van der Waals surface area contributed by atoms with Crippen LogP contribution in [0.5, 0.6) is 0 Å². The van der Waals surface area contributed by atoms with E-state index in [0.717, 1.165) is 5.56 Å². The second-order valence-electron chi connectivity index (χ2n) is 8.44. The summed E-state index contributed by atoms with van der Waals surface area (Å²) in [6, 6.07) is 12.2. The Labute approximate surface area is 223 Å². The van der Waals surface area contributed by atoms with E-state index in [1.807, 2.05) is 36.6 Å². The summed E-state index contributed by atoms with van der Waals surface area (Å²) in [5.41, 5.74) is 6.73. The van der Waals surface area contributed by atoms with Gasteiger partial charge in [0.1, 0.15) is 18.1 Å². The third kappa shape index (κ3) is 10.1. The number of thioether (sulfide) groups is 1. The lowest BCUT2D eigenvalue weighted by Crippen LogP contribution is -2.55. The fraction of sp³-hybridized carbons (Fsp3) is 0.360. The van der Waals surface area contributed by atoms with E-state index in [4.69, 9.17) is 5.73 Å².